The van der Waals surface area contributed by atoms with Crippen LogP contribution in [0.2, 0.25) is 10.2 Å². The fourth-order valence-electron chi connectivity index (χ4n) is 3.03. The molecule has 0 radical (unpaired) electrons. The third-order valence-electron chi connectivity index (χ3n) is 4.77. The van der Waals surface area contributed by atoms with Gasteiger partial charge < -0.3 is 20.0 Å². The van der Waals surface area contributed by atoms with Gasteiger partial charge in [-0.1, -0.05) is 23.7 Å². The van der Waals surface area contributed by atoms with Gasteiger partial charge in [-0.3, -0.25) is 10.1 Å². The number of nitrogens with zero attached hydrogens (tertiary/aromatic N) is 1. The first-order valence-electron chi connectivity index (χ1n) is 9.38. The van der Waals surface area contributed by atoms with Crippen LogP contribution >= 0.6 is 23.2 Å². The minimum Gasteiger partial charge on any atom is -0.477 e. The SMILES string of the molecule is CNC(CCc1nc(-c2ccc(Cl)cc2)c(Cl)o1)(Oc1ccc(F)c(C(N)=O)c1F)C(=O)O. The van der Waals surface area contributed by atoms with Gasteiger partial charge in [-0.15, -0.1) is 0 Å². The van der Waals surface area contributed by atoms with Crippen molar-refractivity contribution in [3.05, 3.63) is 69.7 Å². The zero-order valence-corrected chi connectivity index (χ0v) is 18.5. The number of aromatic nitrogens is 1. The number of nitrogens with one attached hydrogen (secondary N) is 1. The summed E-state index contributed by atoms with van der Waals surface area (Å²) in [6.07, 6.45) is -0.398. The molecule has 0 fully saturated rings. The molecule has 3 rings (SSSR count). The Labute approximate surface area is 196 Å². The van der Waals surface area contributed by atoms with E-state index in [1.807, 2.05) is 0 Å². The Kier molecular flexibility index (Phi) is 7.21. The van der Waals surface area contributed by atoms with Gasteiger partial charge in [-0.25, -0.2) is 18.6 Å². The molecule has 1 unspecified atom stereocenters. The third-order valence-corrected chi connectivity index (χ3v) is 5.28. The first-order chi connectivity index (χ1) is 15.6. The molecule has 1 atom stereocenters. The molecule has 2 aromatic carbocycles. The van der Waals surface area contributed by atoms with Crippen LogP contribution in [0.5, 0.6) is 5.75 Å². The Morgan fingerprint density at radius 3 is 2.45 bits per heavy atom. The predicted octanol–water partition coefficient (Wildman–Crippen LogP) is 4.04. The molecule has 174 valence electrons. The molecule has 0 saturated heterocycles. The number of benzene rings is 2. The number of carboxylic acid groups (broad SMARTS) is 1. The highest BCUT2D eigenvalue weighted by Crippen LogP contribution is 2.31. The Balaban J connectivity index is 1.87. The van der Waals surface area contributed by atoms with Gasteiger partial charge >= 0.3 is 5.97 Å². The average molecular weight is 500 g/mol. The molecule has 12 heteroatoms. The van der Waals surface area contributed by atoms with Gasteiger partial charge in [-0.05, 0) is 42.9 Å². The molecule has 1 aromatic heterocycles. The molecule has 0 aliphatic heterocycles. The number of ether oxygens (including phenoxy) is 1. The van der Waals surface area contributed by atoms with Crippen molar-refractivity contribution >= 4 is 35.1 Å². The number of amides is 1. The maximum Gasteiger partial charge on any atom is 0.363 e. The van der Waals surface area contributed by atoms with E-state index >= 15 is 0 Å². The van der Waals surface area contributed by atoms with Crippen molar-refractivity contribution in [3.63, 3.8) is 0 Å². The van der Waals surface area contributed by atoms with E-state index in [9.17, 15) is 23.5 Å². The molecule has 1 amide bonds. The minimum absolute atomic E-state index is 0.0192. The number of halogens is 4. The van der Waals surface area contributed by atoms with Crippen LogP contribution in [-0.2, 0) is 11.2 Å². The number of carbonyl (C=O) groups excluding carboxylic acids is 1. The summed E-state index contributed by atoms with van der Waals surface area (Å²) >= 11 is 12.0. The van der Waals surface area contributed by atoms with Gasteiger partial charge in [0.25, 0.3) is 11.6 Å². The molecule has 0 bridgehead atoms. The van der Waals surface area contributed by atoms with Crippen LogP contribution in [0, 0.1) is 11.6 Å². The maximum atomic E-state index is 14.6. The second-order valence-corrected chi connectivity index (χ2v) is 7.60. The van der Waals surface area contributed by atoms with Crippen molar-refractivity contribution in [1.82, 2.24) is 10.3 Å². The van der Waals surface area contributed by atoms with E-state index in [0.717, 1.165) is 12.1 Å². The number of likely N-dealkylation sites (N-methyl/N-ethyl adjacent to an activating group) is 1. The van der Waals surface area contributed by atoms with Crippen molar-refractivity contribution in [3.8, 4) is 17.0 Å². The van der Waals surface area contributed by atoms with E-state index in [-0.39, 0.29) is 24.0 Å². The van der Waals surface area contributed by atoms with Gasteiger partial charge in [0.2, 0.25) is 5.22 Å². The monoisotopic (exact) mass is 499 g/mol. The number of carboxylic acids is 1. The second kappa shape index (κ2) is 9.74. The van der Waals surface area contributed by atoms with Crippen molar-refractivity contribution in [1.29, 1.82) is 0 Å². The van der Waals surface area contributed by atoms with E-state index in [2.05, 4.69) is 10.3 Å². The van der Waals surface area contributed by atoms with Crippen LogP contribution in [-0.4, -0.2) is 34.7 Å². The van der Waals surface area contributed by atoms with E-state index in [0.29, 0.717) is 16.3 Å². The Hall–Kier alpha value is -3.21. The van der Waals surface area contributed by atoms with Gasteiger partial charge in [0.05, 0.1) is 0 Å². The maximum absolute atomic E-state index is 14.6. The molecule has 1 heterocycles. The molecule has 0 aliphatic carbocycles. The molecule has 4 N–H and O–H groups in total. The number of aliphatic carboxylic acids is 1. The molecule has 0 aliphatic rings. The number of nitrogens with two attached hydrogens (primary N) is 1. The summed E-state index contributed by atoms with van der Waals surface area (Å²) in [5.41, 5.74) is 2.72. The number of carbonyl (C=O) groups is 2. The normalized spacial score (nSPS) is 12.9. The lowest BCUT2D eigenvalue weighted by Crippen LogP contribution is -2.55. The van der Waals surface area contributed by atoms with Gasteiger partial charge in [0.15, 0.2) is 17.5 Å². The lowest BCUT2D eigenvalue weighted by molar-refractivity contribution is -0.159. The van der Waals surface area contributed by atoms with Crippen LogP contribution in [0.25, 0.3) is 11.3 Å². The van der Waals surface area contributed by atoms with Crippen LogP contribution < -0.4 is 15.8 Å². The highest BCUT2D eigenvalue weighted by Gasteiger charge is 2.41. The van der Waals surface area contributed by atoms with Crippen molar-refractivity contribution < 1.29 is 32.6 Å². The smallest absolute Gasteiger partial charge is 0.363 e. The topological polar surface area (TPSA) is 128 Å². The summed E-state index contributed by atoms with van der Waals surface area (Å²) in [5, 5.41) is 12.8. The lowest BCUT2D eigenvalue weighted by Gasteiger charge is -2.29. The molecule has 3 aromatic rings. The van der Waals surface area contributed by atoms with Crippen LogP contribution in [0.3, 0.4) is 0 Å². The number of rotatable bonds is 9. The van der Waals surface area contributed by atoms with Crippen LogP contribution in [0.15, 0.2) is 40.8 Å². The summed E-state index contributed by atoms with van der Waals surface area (Å²) < 4.78 is 39.2. The van der Waals surface area contributed by atoms with E-state index in [1.54, 1.807) is 24.3 Å². The standard InChI is InChI=1S/C21H17Cl2F2N3O5/c1-27-21(20(30)31,33-13-7-6-12(24)15(16(13)25)19(26)29)9-8-14-28-17(18(23)32-14)10-2-4-11(22)5-3-10/h2-7,27H,8-9H2,1H3,(H2,26,29)(H,30,31). The molecular formula is C21H17Cl2F2N3O5. The number of hydrogen-bond acceptors (Lipinski definition) is 6. The average Bonchev–Trinajstić information content (AvgIpc) is 3.13. The summed E-state index contributed by atoms with van der Waals surface area (Å²) in [7, 11) is 1.27. The third kappa shape index (κ3) is 5.08. The fourth-order valence-corrected chi connectivity index (χ4v) is 3.40. The number of hydrogen-bond donors (Lipinski definition) is 3. The highest BCUT2D eigenvalue weighted by atomic mass is 35.5. The van der Waals surface area contributed by atoms with Crippen LogP contribution in [0.4, 0.5) is 8.78 Å². The molecule has 8 nitrogen and oxygen atoms in total. The van der Waals surface area contributed by atoms with Gasteiger partial charge in [-0.2, -0.15) is 0 Å². The van der Waals surface area contributed by atoms with E-state index in [1.165, 1.54) is 7.05 Å². The summed E-state index contributed by atoms with van der Waals surface area (Å²) in [6.45, 7) is 0. The Bertz CT molecular complexity index is 1200. The highest BCUT2D eigenvalue weighted by molar-refractivity contribution is 6.31. The predicted molar refractivity (Wildman–Crippen MR) is 115 cm³/mol. The van der Waals surface area contributed by atoms with E-state index in [4.69, 9.17) is 38.1 Å². The molecular weight excluding hydrogens is 483 g/mol. The zero-order chi connectivity index (χ0) is 24.3. The van der Waals surface area contributed by atoms with Gasteiger partial charge in [0.1, 0.15) is 17.1 Å². The number of primary amides is 1. The van der Waals surface area contributed by atoms with E-state index < -0.39 is 40.5 Å². The Morgan fingerprint density at radius 1 is 1.21 bits per heavy atom. The largest absolute Gasteiger partial charge is 0.477 e. The summed E-state index contributed by atoms with van der Waals surface area (Å²) in [6, 6.07) is 8.25. The minimum atomic E-state index is -2.19. The lowest BCUT2D eigenvalue weighted by atomic mass is 10.1. The molecule has 0 saturated carbocycles. The van der Waals surface area contributed by atoms with Crippen molar-refractivity contribution in [2.24, 2.45) is 5.73 Å². The quantitative estimate of drug-likeness (QED) is 0.379. The van der Waals surface area contributed by atoms with Gasteiger partial charge in [0, 0.05) is 23.4 Å². The zero-order valence-electron chi connectivity index (χ0n) is 17.0. The molecule has 0 spiro atoms. The van der Waals surface area contributed by atoms with Crippen LogP contribution in [0.1, 0.15) is 22.7 Å². The number of oxazole rings is 1. The number of aryl methyl sites for hydroxylation is 1. The first-order valence-corrected chi connectivity index (χ1v) is 10.1. The summed E-state index contributed by atoms with van der Waals surface area (Å²) in [4.78, 5) is 27.7. The Morgan fingerprint density at radius 2 is 1.88 bits per heavy atom. The molecule has 33 heavy (non-hydrogen) atoms. The first kappa shape index (κ1) is 24.4. The fraction of sp³-hybridized carbons (Fsp3) is 0.190. The second-order valence-electron chi connectivity index (χ2n) is 6.82. The summed E-state index contributed by atoms with van der Waals surface area (Å²) in [5.74, 6) is -6.11. The van der Waals surface area contributed by atoms with Crippen molar-refractivity contribution in [2.45, 2.75) is 18.6 Å². The van der Waals surface area contributed by atoms with Crippen molar-refractivity contribution in [2.75, 3.05) is 7.05 Å².